The van der Waals surface area contributed by atoms with E-state index in [1.165, 1.54) is 22.4 Å². The molecule has 6 nitrogen and oxygen atoms in total. The molecule has 0 bridgehead atoms. The van der Waals surface area contributed by atoms with E-state index < -0.39 is 0 Å². The minimum absolute atomic E-state index is 0. The largest absolute Gasteiger partial charge is 2.00 e. The van der Waals surface area contributed by atoms with Crippen LogP contribution in [0.4, 0.5) is 0 Å². The average molecular weight is 767 g/mol. The number of pyridine rings is 1. The van der Waals surface area contributed by atoms with E-state index in [-0.39, 0.29) is 32.4 Å². The van der Waals surface area contributed by atoms with Gasteiger partial charge in [-0.05, 0) is 68.3 Å². The molecule has 0 aliphatic rings. The van der Waals surface area contributed by atoms with Crippen molar-refractivity contribution in [2.45, 2.75) is 79.8 Å². The first kappa shape index (κ1) is 36.1. The van der Waals surface area contributed by atoms with Gasteiger partial charge in [-0.3, -0.25) is 4.68 Å². The predicted molar refractivity (Wildman–Crippen MR) is 203 cm³/mol. The van der Waals surface area contributed by atoms with Crippen LogP contribution < -0.4 is 9.47 Å². The molecule has 0 saturated carbocycles. The zero-order chi connectivity index (χ0) is 34.9. The normalized spacial score (nSPS) is 11.5. The van der Waals surface area contributed by atoms with E-state index in [9.17, 15) is 0 Å². The van der Waals surface area contributed by atoms with Crippen LogP contribution in [0.5, 0.6) is 17.2 Å². The fraction of sp³-hybridized carbons (Fsp3) is 0.273. The molecule has 3 aromatic heterocycles. The van der Waals surface area contributed by atoms with Crippen molar-refractivity contribution in [1.82, 2.24) is 19.3 Å². The van der Waals surface area contributed by atoms with Crippen LogP contribution in [0.1, 0.15) is 76.4 Å². The van der Waals surface area contributed by atoms with Gasteiger partial charge in [-0.25, -0.2) is 4.98 Å². The standard InChI is InChI=1S/C44H44N4O2.Pd/c1-8-12-41-44(31-17-15-30(7)16-18-31)39(9-2)46-48(41)33-23-32(28(3)4)24-36(25-33)50-34-19-20-38-37-13-10-11-14-40(37)47(42(38)26-34)43-27-35(21-22-45-43)49-29(5)6;/h10-11,13-24,27-29H,8-9,12H2,1-7H3;/q-2;+2. The van der Waals surface area contributed by atoms with Crippen LogP contribution in [0.3, 0.4) is 0 Å². The monoisotopic (exact) mass is 766 g/mol. The van der Waals surface area contributed by atoms with Crippen LogP contribution in [-0.2, 0) is 33.3 Å². The van der Waals surface area contributed by atoms with Crippen molar-refractivity contribution in [2.75, 3.05) is 0 Å². The quantitative estimate of drug-likeness (QED) is 0.0972. The van der Waals surface area contributed by atoms with Gasteiger partial charge in [-0.1, -0.05) is 87.7 Å². The van der Waals surface area contributed by atoms with Gasteiger partial charge in [-0.15, -0.1) is 41.3 Å². The van der Waals surface area contributed by atoms with Gasteiger partial charge in [0.2, 0.25) is 0 Å². The summed E-state index contributed by atoms with van der Waals surface area (Å²) in [5, 5.41) is 7.39. The molecule has 0 atom stereocenters. The van der Waals surface area contributed by atoms with Crippen molar-refractivity contribution < 1.29 is 29.9 Å². The number of aryl methyl sites for hydroxylation is 2. The Balaban J connectivity index is 0.00000448. The third-order valence-corrected chi connectivity index (χ3v) is 9.06. The molecule has 0 N–H and O–H groups in total. The maximum absolute atomic E-state index is 6.65. The number of fused-ring (bicyclic) bond motifs is 3. The summed E-state index contributed by atoms with van der Waals surface area (Å²) in [6.07, 6.45) is 4.59. The number of aromatic nitrogens is 4. The van der Waals surface area contributed by atoms with Gasteiger partial charge in [0.1, 0.15) is 11.6 Å². The Morgan fingerprint density at radius 2 is 1.61 bits per heavy atom. The molecular weight excluding hydrogens is 723 g/mol. The molecule has 0 saturated heterocycles. The van der Waals surface area contributed by atoms with Crippen molar-refractivity contribution in [2.24, 2.45) is 0 Å². The fourth-order valence-electron chi connectivity index (χ4n) is 6.68. The van der Waals surface area contributed by atoms with Crippen LogP contribution in [0.2, 0.25) is 0 Å². The molecule has 51 heavy (non-hydrogen) atoms. The summed E-state index contributed by atoms with van der Waals surface area (Å²) < 4.78 is 16.9. The van der Waals surface area contributed by atoms with Crippen molar-refractivity contribution in [3.05, 3.63) is 126 Å². The first-order valence-corrected chi connectivity index (χ1v) is 17.8. The molecule has 0 radical (unpaired) electrons. The molecule has 0 amide bonds. The summed E-state index contributed by atoms with van der Waals surface area (Å²) in [5.74, 6) is 3.04. The molecule has 0 unspecified atom stereocenters. The Labute approximate surface area is 315 Å². The summed E-state index contributed by atoms with van der Waals surface area (Å²) in [6.45, 7) is 15.0. The van der Waals surface area contributed by atoms with Crippen LogP contribution in [-0.4, -0.2) is 25.4 Å². The Bertz CT molecular complexity index is 2300. The maximum Gasteiger partial charge on any atom is 2.00 e. The van der Waals surface area contributed by atoms with E-state index in [1.54, 1.807) is 6.20 Å². The third kappa shape index (κ3) is 7.24. The molecule has 0 aliphatic heterocycles. The van der Waals surface area contributed by atoms with E-state index in [1.807, 2.05) is 38.1 Å². The minimum atomic E-state index is 0. The van der Waals surface area contributed by atoms with E-state index in [0.717, 1.165) is 69.6 Å². The van der Waals surface area contributed by atoms with Gasteiger partial charge in [0.05, 0.1) is 11.8 Å². The smallest absolute Gasteiger partial charge is 0.509 e. The van der Waals surface area contributed by atoms with E-state index >= 15 is 0 Å². The van der Waals surface area contributed by atoms with E-state index in [0.29, 0.717) is 11.5 Å². The second-order valence-electron chi connectivity index (χ2n) is 13.5. The minimum Gasteiger partial charge on any atom is -0.509 e. The second-order valence-corrected chi connectivity index (χ2v) is 13.5. The van der Waals surface area contributed by atoms with Crippen molar-refractivity contribution >= 4 is 21.8 Å². The molecule has 0 spiro atoms. The molecule has 7 aromatic rings. The summed E-state index contributed by atoms with van der Waals surface area (Å²) in [4.78, 5) is 4.75. The molecule has 4 aromatic carbocycles. The van der Waals surface area contributed by atoms with Gasteiger partial charge in [0.25, 0.3) is 0 Å². The third-order valence-electron chi connectivity index (χ3n) is 9.06. The molecule has 0 aliphatic carbocycles. The van der Waals surface area contributed by atoms with Gasteiger partial charge in [0, 0.05) is 40.5 Å². The van der Waals surface area contributed by atoms with Gasteiger partial charge in [-0.2, -0.15) is 11.2 Å². The average Bonchev–Trinajstić information content (AvgIpc) is 3.64. The summed E-state index contributed by atoms with van der Waals surface area (Å²) in [7, 11) is 0. The molecular formula is C44H44N4O2Pd. The zero-order valence-electron chi connectivity index (χ0n) is 30.4. The van der Waals surface area contributed by atoms with Crippen molar-refractivity contribution in [3.8, 4) is 39.9 Å². The number of ether oxygens (including phenoxy) is 2. The van der Waals surface area contributed by atoms with Gasteiger partial charge < -0.3 is 14.0 Å². The Kier molecular flexibility index (Phi) is 10.8. The Morgan fingerprint density at radius 1 is 0.824 bits per heavy atom. The number of hydrogen-bond acceptors (Lipinski definition) is 4. The second kappa shape index (κ2) is 15.3. The molecule has 262 valence electrons. The summed E-state index contributed by atoms with van der Waals surface area (Å²) >= 11 is 0. The number of benzene rings is 4. The number of hydrogen-bond donors (Lipinski definition) is 0. The summed E-state index contributed by atoms with van der Waals surface area (Å²) in [6, 6.07) is 36.6. The number of nitrogens with zero attached hydrogens (tertiary/aromatic N) is 4. The topological polar surface area (TPSA) is 54.1 Å². The van der Waals surface area contributed by atoms with Crippen LogP contribution >= 0.6 is 0 Å². The van der Waals surface area contributed by atoms with Gasteiger partial charge >= 0.3 is 20.4 Å². The number of rotatable bonds is 11. The zero-order valence-corrected chi connectivity index (χ0v) is 31.9. The van der Waals surface area contributed by atoms with Crippen molar-refractivity contribution in [1.29, 1.82) is 0 Å². The van der Waals surface area contributed by atoms with Crippen molar-refractivity contribution in [3.63, 3.8) is 0 Å². The maximum atomic E-state index is 6.65. The van der Waals surface area contributed by atoms with Gasteiger partial charge in [0.15, 0.2) is 0 Å². The number of para-hydroxylation sites is 1. The first-order chi connectivity index (χ1) is 24.2. The Morgan fingerprint density at radius 3 is 2.33 bits per heavy atom. The molecule has 3 heterocycles. The predicted octanol–water partition coefficient (Wildman–Crippen LogP) is 11.2. The van der Waals surface area contributed by atoms with Crippen LogP contribution in [0, 0.1) is 19.1 Å². The van der Waals surface area contributed by atoms with Crippen LogP contribution in [0.25, 0.3) is 44.4 Å². The fourth-order valence-corrected chi connectivity index (χ4v) is 6.68. The van der Waals surface area contributed by atoms with Crippen LogP contribution in [0.15, 0.2) is 91.1 Å². The molecule has 7 heteroatoms. The van der Waals surface area contributed by atoms with E-state index in [2.05, 4.69) is 117 Å². The Hall–Kier alpha value is -4.70. The SMILES string of the molecule is CCCc1c(-c2ccc(C)cc2)c(CC)nn1-c1[c-]c(Oc2[c-]c3c(cc2)c2ccccc2n3-c2cc(OC(C)C)ccn2)cc(C(C)C)c1.[Pd+2]. The molecule has 7 rings (SSSR count). The molecule has 0 fully saturated rings. The van der Waals surface area contributed by atoms with E-state index in [4.69, 9.17) is 19.6 Å². The first-order valence-electron chi connectivity index (χ1n) is 17.8. The summed E-state index contributed by atoms with van der Waals surface area (Å²) in [5.41, 5.74) is 9.92.